The van der Waals surface area contributed by atoms with Crippen LogP contribution in [0.25, 0.3) is 0 Å². The lowest BCUT2D eigenvalue weighted by Crippen LogP contribution is -2.13. The predicted molar refractivity (Wildman–Crippen MR) is 64.2 cm³/mol. The van der Waals surface area contributed by atoms with Crippen LogP contribution in [0.5, 0.6) is 5.75 Å². The fourth-order valence-corrected chi connectivity index (χ4v) is 2.02. The summed E-state index contributed by atoms with van der Waals surface area (Å²) in [7, 11) is 1.61. The van der Waals surface area contributed by atoms with Gasteiger partial charge in [0, 0.05) is 5.56 Å². The second-order valence-corrected chi connectivity index (χ2v) is 4.31. The molecule has 3 heteroatoms. The van der Waals surface area contributed by atoms with E-state index in [0.717, 1.165) is 17.7 Å². The highest BCUT2D eigenvalue weighted by Gasteiger charge is 2.19. The maximum atomic E-state index is 13.3. The first-order chi connectivity index (χ1) is 7.60. The molecule has 1 rings (SSSR count). The SMILES string of the molecule is COc1ccc(F)cc1C(CCN)C(C)C. The zero-order chi connectivity index (χ0) is 12.1. The van der Waals surface area contributed by atoms with Crippen molar-refractivity contribution in [1.29, 1.82) is 0 Å². The number of nitrogens with two attached hydrogens (primary N) is 1. The van der Waals surface area contributed by atoms with Crippen molar-refractivity contribution in [3.05, 3.63) is 29.6 Å². The summed E-state index contributed by atoms with van der Waals surface area (Å²) < 4.78 is 18.5. The monoisotopic (exact) mass is 225 g/mol. The molecule has 0 radical (unpaired) electrons. The minimum atomic E-state index is -0.224. The summed E-state index contributed by atoms with van der Waals surface area (Å²) in [5, 5.41) is 0. The van der Waals surface area contributed by atoms with E-state index in [-0.39, 0.29) is 11.7 Å². The molecule has 0 amide bonds. The van der Waals surface area contributed by atoms with E-state index in [1.165, 1.54) is 6.07 Å². The molecule has 0 aliphatic rings. The fraction of sp³-hybridized carbons (Fsp3) is 0.538. The molecule has 2 N–H and O–H groups in total. The molecule has 2 nitrogen and oxygen atoms in total. The Morgan fingerprint density at radius 1 is 1.38 bits per heavy atom. The third-order valence-electron chi connectivity index (χ3n) is 2.87. The molecule has 0 aliphatic carbocycles. The van der Waals surface area contributed by atoms with Gasteiger partial charge in [0.05, 0.1) is 7.11 Å². The highest BCUT2D eigenvalue weighted by molar-refractivity contribution is 5.37. The van der Waals surface area contributed by atoms with Gasteiger partial charge >= 0.3 is 0 Å². The van der Waals surface area contributed by atoms with Crippen LogP contribution in [0.15, 0.2) is 18.2 Å². The number of hydrogen-bond donors (Lipinski definition) is 1. The average Bonchev–Trinajstić information content (AvgIpc) is 2.25. The number of hydrogen-bond acceptors (Lipinski definition) is 2. The van der Waals surface area contributed by atoms with Crippen LogP contribution in [0.1, 0.15) is 31.7 Å². The minimum Gasteiger partial charge on any atom is -0.496 e. The molecule has 0 saturated heterocycles. The molecule has 1 unspecified atom stereocenters. The molecule has 0 fully saturated rings. The maximum absolute atomic E-state index is 13.3. The van der Waals surface area contributed by atoms with Crippen LogP contribution < -0.4 is 10.5 Å². The average molecular weight is 225 g/mol. The highest BCUT2D eigenvalue weighted by Crippen LogP contribution is 2.34. The molecule has 90 valence electrons. The summed E-state index contributed by atoms with van der Waals surface area (Å²) in [6.45, 7) is 4.83. The van der Waals surface area contributed by atoms with Gasteiger partial charge in [-0.15, -0.1) is 0 Å². The summed E-state index contributed by atoms with van der Waals surface area (Å²) in [6.07, 6.45) is 0.845. The van der Waals surface area contributed by atoms with Crippen molar-refractivity contribution in [2.75, 3.05) is 13.7 Å². The first-order valence-corrected chi connectivity index (χ1v) is 5.63. The molecule has 1 aromatic carbocycles. The van der Waals surface area contributed by atoms with E-state index in [4.69, 9.17) is 10.5 Å². The maximum Gasteiger partial charge on any atom is 0.123 e. The Morgan fingerprint density at radius 3 is 2.56 bits per heavy atom. The molecule has 0 bridgehead atoms. The van der Waals surface area contributed by atoms with E-state index < -0.39 is 0 Å². The first kappa shape index (κ1) is 13.0. The van der Waals surface area contributed by atoms with E-state index in [1.807, 2.05) is 0 Å². The van der Waals surface area contributed by atoms with Gasteiger partial charge in [0.25, 0.3) is 0 Å². The van der Waals surface area contributed by atoms with E-state index in [1.54, 1.807) is 19.2 Å². The van der Waals surface area contributed by atoms with Crippen molar-refractivity contribution in [1.82, 2.24) is 0 Å². The lowest BCUT2D eigenvalue weighted by Gasteiger charge is -2.22. The van der Waals surface area contributed by atoms with Crippen LogP contribution in [0.3, 0.4) is 0 Å². The van der Waals surface area contributed by atoms with Crippen molar-refractivity contribution in [3.8, 4) is 5.75 Å². The largest absolute Gasteiger partial charge is 0.496 e. The summed E-state index contributed by atoms with van der Waals surface area (Å²) in [6, 6.07) is 4.65. The fourth-order valence-electron chi connectivity index (χ4n) is 2.02. The molecule has 0 saturated carbocycles. The second kappa shape index (κ2) is 5.85. The molecule has 1 atom stereocenters. The van der Waals surface area contributed by atoms with Crippen LogP contribution in [0, 0.1) is 11.7 Å². The molecule has 1 aromatic rings. The first-order valence-electron chi connectivity index (χ1n) is 5.63. The third kappa shape index (κ3) is 2.95. The van der Waals surface area contributed by atoms with Gasteiger partial charge in [0.15, 0.2) is 0 Å². The summed E-state index contributed by atoms with van der Waals surface area (Å²) in [4.78, 5) is 0. The van der Waals surface area contributed by atoms with E-state index in [2.05, 4.69) is 13.8 Å². The lowest BCUT2D eigenvalue weighted by atomic mass is 9.85. The van der Waals surface area contributed by atoms with Crippen molar-refractivity contribution >= 4 is 0 Å². The molecule has 0 spiro atoms. The molecular weight excluding hydrogens is 205 g/mol. The van der Waals surface area contributed by atoms with Crippen LogP contribution in [0.4, 0.5) is 4.39 Å². The lowest BCUT2D eigenvalue weighted by molar-refractivity contribution is 0.388. The Balaban J connectivity index is 3.10. The number of benzene rings is 1. The van der Waals surface area contributed by atoms with E-state index in [0.29, 0.717) is 12.5 Å². The minimum absolute atomic E-state index is 0.224. The van der Waals surface area contributed by atoms with Crippen molar-refractivity contribution < 1.29 is 9.13 Å². The molecular formula is C13H20FNO. The van der Waals surface area contributed by atoms with Gasteiger partial charge in [-0.2, -0.15) is 0 Å². The highest BCUT2D eigenvalue weighted by atomic mass is 19.1. The topological polar surface area (TPSA) is 35.2 Å². The Kier molecular flexibility index (Phi) is 4.74. The Hall–Kier alpha value is -1.09. The number of halogens is 1. The van der Waals surface area contributed by atoms with E-state index in [9.17, 15) is 4.39 Å². The van der Waals surface area contributed by atoms with Crippen molar-refractivity contribution in [2.24, 2.45) is 11.7 Å². The standard InChI is InChI=1S/C13H20FNO/c1-9(2)11(6-7-15)12-8-10(14)4-5-13(12)16-3/h4-5,8-9,11H,6-7,15H2,1-3H3. The Bertz CT molecular complexity index is 339. The normalized spacial score (nSPS) is 12.9. The van der Waals surface area contributed by atoms with Gasteiger partial charge in [-0.25, -0.2) is 4.39 Å². The van der Waals surface area contributed by atoms with Gasteiger partial charge in [-0.3, -0.25) is 0 Å². The van der Waals surface area contributed by atoms with Gasteiger partial charge in [0.1, 0.15) is 11.6 Å². The van der Waals surface area contributed by atoms with Crippen molar-refractivity contribution in [3.63, 3.8) is 0 Å². The zero-order valence-corrected chi connectivity index (χ0v) is 10.2. The molecule has 0 aliphatic heterocycles. The third-order valence-corrected chi connectivity index (χ3v) is 2.87. The van der Waals surface area contributed by atoms with E-state index >= 15 is 0 Å². The van der Waals surface area contributed by atoms with Crippen LogP contribution in [0.2, 0.25) is 0 Å². The smallest absolute Gasteiger partial charge is 0.123 e. The van der Waals surface area contributed by atoms with Gasteiger partial charge in [0.2, 0.25) is 0 Å². The van der Waals surface area contributed by atoms with Crippen molar-refractivity contribution in [2.45, 2.75) is 26.2 Å². The number of ether oxygens (including phenoxy) is 1. The predicted octanol–water partition coefficient (Wildman–Crippen LogP) is 2.92. The van der Waals surface area contributed by atoms with Gasteiger partial charge in [-0.1, -0.05) is 13.8 Å². The van der Waals surface area contributed by atoms with Gasteiger partial charge < -0.3 is 10.5 Å². The molecule has 0 aromatic heterocycles. The summed E-state index contributed by atoms with van der Waals surface area (Å²) in [5.74, 6) is 1.18. The number of methoxy groups -OCH3 is 1. The van der Waals surface area contributed by atoms with Crippen LogP contribution >= 0.6 is 0 Å². The molecule has 0 heterocycles. The van der Waals surface area contributed by atoms with Crippen LogP contribution in [-0.2, 0) is 0 Å². The Morgan fingerprint density at radius 2 is 2.06 bits per heavy atom. The summed E-state index contributed by atoms with van der Waals surface area (Å²) >= 11 is 0. The summed E-state index contributed by atoms with van der Waals surface area (Å²) in [5.41, 5.74) is 6.52. The Labute approximate surface area is 96.6 Å². The number of rotatable bonds is 5. The zero-order valence-electron chi connectivity index (χ0n) is 10.2. The quantitative estimate of drug-likeness (QED) is 0.836. The second-order valence-electron chi connectivity index (χ2n) is 4.31. The van der Waals surface area contributed by atoms with Gasteiger partial charge in [-0.05, 0) is 43.0 Å². The molecule has 16 heavy (non-hydrogen) atoms. The van der Waals surface area contributed by atoms with Crippen LogP contribution in [-0.4, -0.2) is 13.7 Å².